The first-order chi connectivity index (χ1) is 11.3. The molecule has 1 aliphatic carbocycles. The van der Waals surface area contributed by atoms with Gasteiger partial charge in [-0.2, -0.15) is 0 Å². The number of benzene rings is 1. The summed E-state index contributed by atoms with van der Waals surface area (Å²) in [5, 5.41) is 12.0. The number of nitrogens with one attached hydrogen (secondary N) is 1. The van der Waals surface area contributed by atoms with Crippen LogP contribution in [0.2, 0.25) is 0 Å². The molecule has 6 nitrogen and oxygen atoms in total. The quantitative estimate of drug-likeness (QED) is 0.935. The minimum Gasteiger partial charge on any atom is -0.380 e. The minimum absolute atomic E-state index is 0.172. The normalized spacial score (nSPS) is 20.2. The summed E-state index contributed by atoms with van der Waals surface area (Å²) in [5.41, 5.74) is 4.66. The van der Waals surface area contributed by atoms with E-state index in [0.29, 0.717) is 5.95 Å². The summed E-state index contributed by atoms with van der Waals surface area (Å²) < 4.78 is 5.51. The molecule has 2 aliphatic rings. The molecule has 122 valence electrons. The Morgan fingerprint density at radius 2 is 1.87 bits per heavy atom. The van der Waals surface area contributed by atoms with Crippen molar-refractivity contribution < 1.29 is 4.74 Å². The maximum absolute atomic E-state index is 5.51. The Balaban J connectivity index is 1.53. The molecule has 0 radical (unpaired) electrons. The van der Waals surface area contributed by atoms with Crippen LogP contribution in [0.1, 0.15) is 30.9 Å². The van der Waals surface area contributed by atoms with E-state index in [2.05, 4.69) is 44.5 Å². The van der Waals surface area contributed by atoms with Gasteiger partial charge in [0.25, 0.3) is 0 Å². The third-order valence-corrected chi connectivity index (χ3v) is 4.81. The number of anilines is 1. The molecule has 1 aromatic heterocycles. The third kappa shape index (κ3) is 3.14. The molecule has 6 heteroatoms. The highest BCUT2D eigenvalue weighted by molar-refractivity contribution is 5.77. The minimum atomic E-state index is 0.172. The predicted molar refractivity (Wildman–Crippen MR) is 89.5 cm³/mol. The van der Waals surface area contributed by atoms with Crippen molar-refractivity contribution in [3.05, 3.63) is 23.3 Å². The summed E-state index contributed by atoms with van der Waals surface area (Å²) in [5.74, 6) is 0.605. The number of aryl methyl sites for hydroxylation is 2. The number of aromatic nitrogens is 3. The maximum Gasteiger partial charge on any atom is 0.244 e. The highest BCUT2D eigenvalue weighted by atomic mass is 16.5. The molecule has 2 heterocycles. The van der Waals surface area contributed by atoms with E-state index in [0.717, 1.165) is 56.6 Å². The van der Waals surface area contributed by atoms with Crippen LogP contribution in [-0.2, 0) is 17.6 Å². The number of hydrogen-bond acceptors (Lipinski definition) is 6. The van der Waals surface area contributed by atoms with Gasteiger partial charge < -0.3 is 10.1 Å². The second-order valence-corrected chi connectivity index (χ2v) is 6.42. The van der Waals surface area contributed by atoms with Crippen LogP contribution < -0.4 is 5.32 Å². The van der Waals surface area contributed by atoms with Crippen molar-refractivity contribution in [2.75, 3.05) is 31.6 Å². The molecule has 4 rings (SSSR count). The molecular weight excluding hydrogens is 290 g/mol. The van der Waals surface area contributed by atoms with Crippen LogP contribution in [0, 0.1) is 0 Å². The van der Waals surface area contributed by atoms with Crippen LogP contribution in [0.4, 0.5) is 5.95 Å². The third-order valence-electron chi connectivity index (χ3n) is 4.81. The molecule has 1 atom stereocenters. The number of nitrogens with zero attached hydrogens (tertiary/aromatic N) is 4. The second kappa shape index (κ2) is 6.37. The van der Waals surface area contributed by atoms with Gasteiger partial charge in [0, 0.05) is 19.7 Å². The predicted octanol–water partition coefficient (Wildman–Crippen LogP) is 1.99. The van der Waals surface area contributed by atoms with Crippen LogP contribution in [0.5, 0.6) is 0 Å². The van der Waals surface area contributed by atoms with Gasteiger partial charge in [0.2, 0.25) is 5.95 Å². The number of hydrogen-bond donors (Lipinski definition) is 1. The molecule has 0 spiro atoms. The number of rotatable bonds is 3. The highest BCUT2D eigenvalue weighted by Gasteiger charge is 2.18. The van der Waals surface area contributed by atoms with Gasteiger partial charge in [-0.1, -0.05) is 0 Å². The van der Waals surface area contributed by atoms with Crippen molar-refractivity contribution >= 4 is 17.0 Å². The molecule has 0 saturated carbocycles. The van der Waals surface area contributed by atoms with Crippen molar-refractivity contribution in [1.29, 1.82) is 0 Å². The average Bonchev–Trinajstić information content (AvgIpc) is 2.83. The largest absolute Gasteiger partial charge is 0.380 e. The second-order valence-electron chi connectivity index (χ2n) is 6.42. The lowest BCUT2D eigenvalue weighted by Crippen LogP contribution is -2.40. The number of ether oxygens (including phenoxy) is 1. The molecule has 1 saturated heterocycles. The lowest BCUT2D eigenvalue weighted by Gasteiger charge is -2.27. The van der Waals surface area contributed by atoms with Crippen molar-refractivity contribution in [2.24, 2.45) is 0 Å². The molecule has 0 bridgehead atoms. The first-order valence-corrected chi connectivity index (χ1v) is 8.54. The molecule has 1 unspecified atom stereocenters. The van der Waals surface area contributed by atoms with Gasteiger partial charge in [-0.05, 0) is 55.9 Å². The van der Waals surface area contributed by atoms with E-state index in [-0.39, 0.29) is 6.17 Å². The number of fused-ring (bicyclic) bond motifs is 2. The van der Waals surface area contributed by atoms with Gasteiger partial charge in [0.15, 0.2) is 0 Å². The first-order valence-electron chi connectivity index (χ1n) is 8.54. The molecule has 1 N–H and O–H groups in total. The van der Waals surface area contributed by atoms with Gasteiger partial charge >= 0.3 is 0 Å². The monoisotopic (exact) mass is 313 g/mol. The summed E-state index contributed by atoms with van der Waals surface area (Å²) in [6.45, 7) is 5.74. The van der Waals surface area contributed by atoms with Crippen molar-refractivity contribution in [3.8, 4) is 0 Å². The summed E-state index contributed by atoms with van der Waals surface area (Å²) >= 11 is 0. The van der Waals surface area contributed by atoms with Gasteiger partial charge in [-0.3, -0.25) is 4.90 Å². The molecule has 1 aliphatic heterocycles. The molecular formula is C17H23N5O. The SMILES string of the molecule is CC(Nc1nnc2cc3c(cc2n1)CCC3)N1CCCOCC1. The standard InChI is InChI=1S/C17H23N5O/c1-12(22-6-3-8-23-9-7-22)18-17-19-15-10-13-4-2-5-14(13)11-16(15)20-21-17/h10-12H,2-9H2,1H3,(H,18,19,21). The fourth-order valence-electron chi connectivity index (χ4n) is 3.50. The van der Waals surface area contributed by atoms with E-state index < -0.39 is 0 Å². The molecule has 0 amide bonds. The first kappa shape index (κ1) is 14.8. The van der Waals surface area contributed by atoms with Crippen molar-refractivity contribution in [1.82, 2.24) is 20.1 Å². The van der Waals surface area contributed by atoms with Gasteiger partial charge in [0.1, 0.15) is 5.52 Å². The zero-order valence-electron chi connectivity index (χ0n) is 13.6. The van der Waals surface area contributed by atoms with E-state index >= 15 is 0 Å². The van der Waals surface area contributed by atoms with Crippen molar-refractivity contribution in [2.45, 2.75) is 38.8 Å². The Hall–Kier alpha value is -1.79. The summed E-state index contributed by atoms with van der Waals surface area (Å²) in [6.07, 6.45) is 4.78. The Morgan fingerprint density at radius 1 is 1.04 bits per heavy atom. The van der Waals surface area contributed by atoms with E-state index in [1.54, 1.807) is 0 Å². The van der Waals surface area contributed by atoms with Crippen LogP contribution in [0.15, 0.2) is 12.1 Å². The van der Waals surface area contributed by atoms with Crippen LogP contribution in [-0.4, -0.2) is 52.6 Å². The fraction of sp³-hybridized carbons (Fsp3) is 0.588. The Morgan fingerprint density at radius 3 is 2.74 bits per heavy atom. The topological polar surface area (TPSA) is 63.2 Å². The molecule has 1 aromatic carbocycles. The molecule has 23 heavy (non-hydrogen) atoms. The summed E-state index contributed by atoms with van der Waals surface area (Å²) in [7, 11) is 0. The Kier molecular flexibility index (Phi) is 4.10. The smallest absolute Gasteiger partial charge is 0.244 e. The van der Waals surface area contributed by atoms with Crippen LogP contribution >= 0.6 is 0 Å². The Bertz CT molecular complexity index is 697. The lowest BCUT2D eigenvalue weighted by atomic mass is 10.1. The van der Waals surface area contributed by atoms with Gasteiger partial charge in [-0.25, -0.2) is 4.98 Å². The maximum atomic E-state index is 5.51. The molecule has 2 aromatic rings. The zero-order chi connectivity index (χ0) is 15.6. The van der Waals surface area contributed by atoms with Crippen LogP contribution in [0.25, 0.3) is 11.0 Å². The van der Waals surface area contributed by atoms with E-state index in [9.17, 15) is 0 Å². The average molecular weight is 313 g/mol. The molecule has 1 fully saturated rings. The summed E-state index contributed by atoms with van der Waals surface area (Å²) in [6, 6.07) is 4.33. The van der Waals surface area contributed by atoms with Crippen molar-refractivity contribution in [3.63, 3.8) is 0 Å². The van der Waals surface area contributed by atoms with E-state index in [4.69, 9.17) is 4.74 Å². The van der Waals surface area contributed by atoms with E-state index in [1.165, 1.54) is 17.5 Å². The van der Waals surface area contributed by atoms with Gasteiger partial charge in [0.05, 0.1) is 18.3 Å². The lowest BCUT2D eigenvalue weighted by molar-refractivity contribution is 0.136. The zero-order valence-corrected chi connectivity index (χ0v) is 13.6. The van der Waals surface area contributed by atoms with Crippen LogP contribution in [0.3, 0.4) is 0 Å². The van der Waals surface area contributed by atoms with E-state index in [1.807, 2.05) is 0 Å². The summed E-state index contributed by atoms with van der Waals surface area (Å²) in [4.78, 5) is 7.03. The Labute approximate surface area is 136 Å². The highest BCUT2D eigenvalue weighted by Crippen LogP contribution is 2.25. The fourth-order valence-corrected chi connectivity index (χ4v) is 3.50. The van der Waals surface area contributed by atoms with Gasteiger partial charge in [-0.15, -0.1) is 10.2 Å².